The number of ether oxygens (including phenoxy) is 5. The third-order valence-electron chi connectivity index (χ3n) is 6.76. The van der Waals surface area contributed by atoms with Gasteiger partial charge in [-0.25, -0.2) is 0 Å². The molecule has 5 amide bonds. The van der Waals surface area contributed by atoms with E-state index in [2.05, 4.69) is 16.0 Å². The van der Waals surface area contributed by atoms with Crippen molar-refractivity contribution in [1.29, 1.82) is 0 Å². The van der Waals surface area contributed by atoms with E-state index in [9.17, 15) is 24.0 Å². The highest BCUT2D eigenvalue weighted by Gasteiger charge is 2.34. The topological polar surface area (TPSA) is 171 Å². The van der Waals surface area contributed by atoms with Crippen molar-refractivity contribution >= 4 is 35.2 Å². The molecule has 2 rings (SSSR count). The number of anilines is 1. The fourth-order valence-electron chi connectivity index (χ4n) is 4.28. The minimum absolute atomic E-state index is 0.0677. The maximum absolute atomic E-state index is 12.7. The van der Waals surface area contributed by atoms with Crippen LogP contribution in [0.2, 0.25) is 0 Å². The summed E-state index contributed by atoms with van der Waals surface area (Å²) in [5.41, 5.74) is 1.57. The number of carbonyl (C=O) groups excluding carboxylic acids is 5. The number of hydrogen-bond acceptors (Lipinski definition) is 10. The molecule has 1 aliphatic rings. The lowest BCUT2D eigenvalue weighted by Gasteiger charge is -2.21. The van der Waals surface area contributed by atoms with Gasteiger partial charge in [0.05, 0.1) is 72.6 Å². The molecule has 0 saturated carbocycles. The van der Waals surface area contributed by atoms with E-state index in [0.29, 0.717) is 51.9 Å². The Labute approximate surface area is 264 Å². The maximum Gasteiger partial charge on any atom is 0.243 e. The lowest BCUT2D eigenvalue weighted by molar-refractivity contribution is -0.140. The van der Waals surface area contributed by atoms with Gasteiger partial charge in [-0.2, -0.15) is 0 Å². The van der Waals surface area contributed by atoms with Gasteiger partial charge in [-0.1, -0.05) is 32.9 Å². The van der Waals surface area contributed by atoms with Gasteiger partial charge in [0.15, 0.2) is 0 Å². The standard InChI is InChI=1S/C31H48N4O10/c1-22(2)29(30(39)32-20-27(37)33-25-7-5-24(6-8-25)21-41-4)34-26(36)9-11-42-13-15-44-17-18-45-16-14-43-12-10-35-28(38)19-23(3)31(35)40/h5-8,22-23,29H,9-21H2,1-4H3,(H,32,39)(H,33,37)(H,34,36). The summed E-state index contributed by atoms with van der Waals surface area (Å²) in [6.07, 6.45) is 0.330. The van der Waals surface area contributed by atoms with Crippen LogP contribution >= 0.6 is 0 Å². The van der Waals surface area contributed by atoms with Crippen molar-refractivity contribution in [2.45, 2.75) is 46.3 Å². The number of rotatable bonds is 23. The second-order valence-electron chi connectivity index (χ2n) is 10.9. The normalized spacial score (nSPS) is 15.4. The Kier molecular flexibility index (Phi) is 17.9. The van der Waals surface area contributed by atoms with Crippen molar-refractivity contribution in [3.63, 3.8) is 0 Å². The van der Waals surface area contributed by atoms with Crippen LogP contribution in [0.4, 0.5) is 5.69 Å². The summed E-state index contributed by atoms with van der Waals surface area (Å²) in [6, 6.07) is 6.39. The molecule has 14 heteroatoms. The zero-order valence-electron chi connectivity index (χ0n) is 26.8. The van der Waals surface area contributed by atoms with Crippen LogP contribution in [-0.2, 0) is 54.3 Å². The quantitative estimate of drug-likeness (QED) is 0.116. The van der Waals surface area contributed by atoms with E-state index in [-0.39, 0.29) is 74.6 Å². The molecule has 1 saturated heterocycles. The number of carbonyl (C=O) groups is 5. The fraction of sp³-hybridized carbons (Fsp3) is 0.645. The number of imide groups is 1. The van der Waals surface area contributed by atoms with Crippen molar-refractivity contribution in [2.24, 2.45) is 11.8 Å². The smallest absolute Gasteiger partial charge is 0.243 e. The first-order valence-electron chi connectivity index (χ1n) is 15.2. The Morgan fingerprint density at radius 2 is 1.44 bits per heavy atom. The summed E-state index contributed by atoms with van der Waals surface area (Å²) in [5.74, 6) is -1.92. The molecule has 45 heavy (non-hydrogen) atoms. The van der Waals surface area contributed by atoms with Crippen LogP contribution in [0.15, 0.2) is 24.3 Å². The molecule has 1 aromatic carbocycles. The highest BCUT2D eigenvalue weighted by atomic mass is 16.6. The van der Waals surface area contributed by atoms with Gasteiger partial charge in [0.25, 0.3) is 0 Å². The first-order valence-corrected chi connectivity index (χ1v) is 15.2. The van der Waals surface area contributed by atoms with Gasteiger partial charge >= 0.3 is 0 Å². The van der Waals surface area contributed by atoms with Crippen molar-refractivity contribution in [3.8, 4) is 0 Å². The third kappa shape index (κ3) is 14.9. The van der Waals surface area contributed by atoms with Crippen LogP contribution < -0.4 is 16.0 Å². The van der Waals surface area contributed by atoms with Gasteiger partial charge in [-0.3, -0.25) is 28.9 Å². The molecule has 1 fully saturated rings. The number of methoxy groups -OCH3 is 1. The summed E-state index contributed by atoms with van der Waals surface area (Å²) in [5, 5.41) is 8.00. The van der Waals surface area contributed by atoms with E-state index in [4.69, 9.17) is 23.7 Å². The number of benzene rings is 1. The van der Waals surface area contributed by atoms with Crippen LogP contribution in [0.3, 0.4) is 0 Å². The second-order valence-corrected chi connectivity index (χ2v) is 10.9. The van der Waals surface area contributed by atoms with E-state index in [1.165, 1.54) is 4.90 Å². The summed E-state index contributed by atoms with van der Waals surface area (Å²) in [7, 11) is 1.61. The Morgan fingerprint density at radius 3 is 1.98 bits per heavy atom. The van der Waals surface area contributed by atoms with E-state index >= 15 is 0 Å². The lowest BCUT2D eigenvalue weighted by atomic mass is 10.0. The average molecular weight is 637 g/mol. The maximum atomic E-state index is 12.7. The molecule has 0 spiro atoms. The van der Waals surface area contributed by atoms with Crippen molar-refractivity contribution in [1.82, 2.24) is 15.5 Å². The highest BCUT2D eigenvalue weighted by Crippen LogP contribution is 2.18. The largest absolute Gasteiger partial charge is 0.380 e. The van der Waals surface area contributed by atoms with Crippen LogP contribution in [0.25, 0.3) is 0 Å². The molecular formula is C31H48N4O10. The summed E-state index contributed by atoms with van der Waals surface area (Å²) >= 11 is 0. The number of hydrogen-bond donors (Lipinski definition) is 3. The van der Waals surface area contributed by atoms with Gasteiger partial charge in [-0.05, 0) is 23.6 Å². The Bertz CT molecular complexity index is 1080. The van der Waals surface area contributed by atoms with Crippen LogP contribution in [-0.4, -0.2) is 114 Å². The van der Waals surface area contributed by atoms with Crippen molar-refractivity contribution in [3.05, 3.63) is 29.8 Å². The van der Waals surface area contributed by atoms with Gasteiger partial charge in [0, 0.05) is 31.6 Å². The molecule has 1 aliphatic heterocycles. The van der Waals surface area contributed by atoms with E-state index in [1.807, 2.05) is 12.1 Å². The molecule has 14 nitrogen and oxygen atoms in total. The monoisotopic (exact) mass is 636 g/mol. The second kappa shape index (κ2) is 21.3. The predicted octanol–water partition coefficient (Wildman–Crippen LogP) is 0.880. The Balaban J connectivity index is 1.46. The summed E-state index contributed by atoms with van der Waals surface area (Å²) < 4.78 is 26.8. The first-order chi connectivity index (χ1) is 21.6. The number of nitrogens with one attached hydrogen (secondary N) is 3. The van der Waals surface area contributed by atoms with Crippen molar-refractivity contribution in [2.75, 3.05) is 78.4 Å². The minimum atomic E-state index is -0.797. The van der Waals surface area contributed by atoms with Gasteiger partial charge in [-0.15, -0.1) is 0 Å². The number of likely N-dealkylation sites (tertiary alicyclic amines) is 1. The molecule has 2 unspecified atom stereocenters. The van der Waals surface area contributed by atoms with E-state index < -0.39 is 11.9 Å². The predicted molar refractivity (Wildman–Crippen MR) is 164 cm³/mol. The Hall–Kier alpha value is -3.43. The molecule has 0 aromatic heterocycles. The first kappa shape index (κ1) is 37.8. The zero-order valence-corrected chi connectivity index (χ0v) is 26.8. The zero-order chi connectivity index (χ0) is 33.0. The van der Waals surface area contributed by atoms with Gasteiger partial charge < -0.3 is 39.6 Å². The minimum Gasteiger partial charge on any atom is -0.380 e. The molecule has 0 bridgehead atoms. The van der Waals surface area contributed by atoms with Crippen molar-refractivity contribution < 1.29 is 47.7 Å². The van der Waals surface area contributed by atoms with Crippen LogP contribution in [0, 0.1) is 11.8 Å². The lowest BCUT2D eigenvalue weighted by Crippen LogP contribution is -2.51. The molecule has 3 N–H and O–H groups in total. The average Bonchev–Trinajstić information content (AvgIpc) is 3.25. The van der Waals surface area contributed by atoms with E-state index in [1.54, 1.807) is 40.0 Å². The molecular weight excluding hydrogens is 588 g/mol. The molecule has 1 heterocycles. The van der Waals surface area contributed by atoms with Crippen LogP contribution in [0.5, 0.6) is 0 Å². The van der Waals surface area contributed by atoms with Crippen LogP contribution in [0.1, 0.15) is 39.2 Å². The highest BCUT2D eigenvalue weighted by molar-refractivity contribution is 6.03. The fourth-order valence-corrected chi connectivity index (χ4v) is 4.28. The molecule has 2 atom stereocenters. The summed E-state index contributed by atoms with van der Waals surface area (Å²) in [4.78, 5) is 62.1. The Morgan fingerprint density at radius 1 is 0.867 bits per heavy atom. The number of nitrogens with zero attached hydrogens (tertiary/aromatic N) is 1. The SMILES string of the molecule is COCc1ccc(NC(=O)CNC(=O)C(NC(=O)CCOCCOCCOCCOCCN2C(=O)CC(C)C2=O)C(C)C)cc1. The third-order valence-corrected chi connectivity index (χ3v) is 6.76. The summed E-state index contributed by atoms with van der Waals surface area (Å²) in [6.45, 7) is 8.34. The molecule has 252 valence electrons. The van der Waals surface area contributed by atoms with Gasteiger partial charge in [0.1, 0.15) is 6.04 Å². The molecule has 1 aromatic rings. The van der Waals surface area contributed by atoms with E-state index in [0.717, 1.165) is 5.56 Å². The molecule has 0 radical (unpaired) electrons. The molecule has 0 aliphatic carbocycles. The number of amides is 5. The van der Waals surface area contributed by atoms with Gasteiger partial charge in [0.2, 0.25) is 29.5 Å².